The molecule has 1 amide bonds. The van der Waals surface area contributed by atoms with Gasteiger partial charge in [0.1, 0.15) is 11.4 Å². The Morgan fingerprint density at radius 3 is 2.74 bits per heavy atom. The molecule has 0 aliphatic heterocycles. The van der Waals surface area contributed by atoms with Crippen molar-refractivity contribution in [3.8, 4) is 11.6 Å². The summed E-state index contributed by atoms with van der Waals surface area (Å²) in [5.74, 6) is -0.210. The number of aromatic nitrogens is 1. The summed E-state index contributed by atoms with van der Waals surface area (Å²) in [6, 6.07) is 8.02. The molecule has 98 valence electrons. The highest BCUT2D eigenvalue weighted by Gasteiger charge is 2.11. The Morgan fingerprint density at radius 1 is 1.32 bits per heavy atom. The minimum absolute atomic E-state index is 0.0651. The molecule has 19 heavy (non-hydrogen) atoms. The molecule has 0 aliphatic rings. The van der Waals surface area contributed by atoms with Gasteiger partial charge in [0.2, 0.25) is 5.88 Å². The number of pyridine rings is 1. The third-order valence-corrected chi connectivity index (χ3v) is 3.05. The van der Waals surface area contributed by atoms with Crippen molar-refractivity contribution in [3.05, 3.63) is 45.5 Å². The first-order valence-electron chi connectivity index (χ1n) is 5.16. The molecule has 1 aromatic carbocycles. The third-order valence-electron chi connectivity index (χ3n) is 2.24. The van der Waals surface area contributed by atoms with Crippen LogP contribution in [0.15, 0.2) is 34.8 Å². The van der Waals surface area contributed by atoms with Gasteiger partial charge < -0.3 is 16.2 Å². The average molecular weight is 343 g/mol. The lowest BCUT2D eigenvalue weighted by Crippen LogP contribution is -2.13. The number of halogens is 2. The van der Waals surface area contributed by atoms with Crippen LogP contribution in [-0.2, 0) is 0 Å². The van der Waals surface area contributed by atoms with E-state index in [4.69, 9.17) is 27.8 Å². The van der Waals surface area contributed by atoms with Crippen molar-refractivity contribution in [3.63, 3.8) is 0 Å². The van der Waals surface area contributed by atoms with E-state index in [0.717, 1.165) is 4.47 Å². The molecule has 2 aromatic rings. The molecule has 0 atom stereocenters. The molecule has 1 aromatic heterocycles. The summed E-state index contributed by atoms with van der Waals surface area (Å²) < 4.78 is 6.29. The zero-order valence-electron chi connectivity index (χ0n) is 9.56. The van der Waals surface area contributed by atoms with E-state index in [1.54, 1.807) is 18.2 Å². The largest absolute Gasteiger partial charge is 0.435 e. The van der Waals surface area contributed by atoms with Crippen LogP contribution in [0.3, 0.4) is 0 Å². The van der Waals surface area contributed by atoms with E-state index in [1.165, 1.54) is 12.1 Å². The number of nitrogens with zero attached hydrogens (tertiary/aromatic N) is 1. The summed E-state index contributed by atoms with van der Waals surface area (Å²) in [5, 5.41) is 0.397. The number of nitrogens with two attached hydrogens (primary N) is 2. The van der Waals surface area contributed by atoms with Crippen molar-refractivity contribution in [2.24, 2.45) is 5.73 Å². The van der Waals surface area contributed by atoms with Crippen LogP contribution in [0.5, 0.6) is 11.6 Å². The van der Waals surface area contributed by atoms with E-state index in [0.29, 0.717) is 10.8 Å². The van der Waals surface area contributed by atoms with Gasteiger partial charge in [0.05, 0.1) is 10.7 Å². The highest BCUT2D eigenvalue weighted by atomic mass is 79.9. The van der Waals surface area contributed by atoms with Crippen LogP contribution in [0, 0.1) is 0 Å². The zero-order valence-corrected chi connectivity index (χ0v) is 11.9. The van der Waals surface area contributed by atoms with E-state index in [-0.39, 0.29) is 17.3 Å². The second-order valence-corrected chi connectivity index (χ2v) is 4.95. The Kier molecular flexibility index (Phi) is 3.92. The fourth-order valence-corrected chi connectivity index (χ4v) is 1.83. The van der Waals surface area contributed by atoms with Crippen molar-refractivity contribution in [2.75, 3.05) is 5.73 Å². The van der Waals surface area contributed by atoms with Crippen molar-refractivity contribution >= 4 is 39.1 Å². The summed E-state index contributed by atoms with van der Waals surface area (Å²) >= 11 is 9.30. The number of amides is 1. The normalized spacial score (nSPS) is 10.2. The van der Waals surface area contributed by atoms with Gasteiger partial charge in [-0.3, -0.25) is 4.79 Å². The van der Waals surface area contributed by atoms with Crippen molar-refractivity contribution < 1.29 is 9.53 Å². The second kappa shape index (κ2) is 5.46. The molecule has 0 radical (unpaired) electrons. The molecular formula is C12H9BrClN3O2. The highest BCUT2D eigenvalue weighted by molar-refractivity contribution is 9.10. The van der Waals surface area contributed by atoms with E-state index in [2.05, 4.69) is 20.9 Å². The number of ether oxygens (including phenoxy) is 1. The van der Waals surface area contributed by atoms with Crippen LogP contribution in [0.1, 0.15) is 10.5 Å². The fourth-order valence-electron chi connectivity index (χ4n) is 1.33. The summed E-state index contributed by atoms with van der Waals surface area (Å²) in [6.45, 7) is 0. The number of anilines is 1. The van der Waals surface area contributed by atoms with Crippen LogP contribution >= 0.6 is 27.5 Å². The quantitative estimate of drug-likeness (QED) is 0.897. The van der Waals surface area contributed by atoms with Gasteiger partial charge in [0.15, 0.2) is 0 Å². The maximum atomic E-state index is 11.1. The van der Waals surface area contributed by atoms with Crippen molar-refractivity contribution in [1.29, 1.82) is 0 Å². The maximum absolute atomic E-state index is 11.1. The lowest BCUT2D eigenvalue weighted by molar-refractivity contribution is 0.0995. The van der Waals surface area contributed by atoms with Crippen LogP contribution in [0.4, 0.5) is 5.69 Å². The SMILES string of the molecule is NC(=O)c1ccc(N)c(Oc2cc(Br)ccc2Cl)n1. The number of rotatable bonds is 3. The summed E-state index contributed by atoms with van der Waals surface area (Å²) in [7, 11) is 0. The molecule has 2 rings (SSSR count). The van der Waals surface area contributed by atoms with Crippen LogP contribution in [0.2, 0.25) is 5.02 Å². The number of hydrogen-bond donors (Lipinski definition) is 2. The lowest BCUT2D eigenvalue weighted by Gasteiger charge is -2.09. The number of primary amides is 1. The van der Waals surface area contributed by atoms with E-state index < -0.39 is 5.91 Å². The number of carbonyl (C=O) groups is 1. The molecule has 4 N–H and O–H groups in total. The number of carbonyl (C=O) groups excluding carboxylic acids is 1. The predicted octanol–water partition coefficient (Wildman–Crippen LogP) is 2.97. The lowest BCUT2D eigenvalue weighted by atomic mass is 10.3. The van der Waals surface area contributed by atoms with Crippen molar-refractivity contribution in [2.45, 2.75) is 0 Å². The van der Waals surface area contributed by atoms with Gasteiger partial charge in [-0.2, -0.15) is 0 Å². The van der Waals surface area contributed by atoms with Crippen LogP contribution in [0.25, 0.3) is 0 Å². The second-order valence-electron chi connectivity index (χ2n) is 3.63. The van der Waals surface area contributed by atoms with Crippen LogP contribution < -0.4 is 16.2 Å². The minimum Gasteiger partial charge on any atom is -0.435 e. The summed E-state index contributed by atoms with van der Waals surface area (Å²) in [4.78, 5) is 15.0. The van der Waals surface area contributed by atoms with E-state index >= 15 is 0 Å². The maximum Gasteiger partial charge on any atom is 0.267 e. The van der Waals surface area contributed by atoms with E-state index in [9.17, 15) is 4.79 Å². The third kappa shape index (κ3) is 3.15. The summed E-state index contributed by atoms with van der Waals surface area (Å²) in [6.07, 6.45) is 0. The first kappa shape index (κ1) is 13.6. The first-order valence-corrected chi connectivity index (χ1v) is 6.33. The van der Waals surface area contributed by atoms with Gasteiger partial charge in [-0.15, -0.1) is 0 Å². The first-order chi connectivity index (χ1) is 8.97. The van der Waals surface area contributed by atoms with Gasteiger partial charge in [-0.25, -0.2) is 4.98 Å². The molecule has 0 spiro atoms. The average Bonchev–Trinajstić information content (AvgIpc) is 2.36. The van der Waals surface area contributed by atoms with Gasteiger partial charge in [0.25, 0.3) is 5.91 Å². The molecule has 0 saturated heterocycles. The fraction of sp³-hybridized carbons (Fsp3) is 0. The molecule has 0 saturated carbocycles. The number of hydrogen-bond acceptors (Lipinski definition) is 4. The standard InChI is InChI=1S/C12H9BrClN3O2/c13-6-1-2-7(14)10(5-6)19-12-8(15)3-4-9(17-12)11(16)18/h1-5H,15H2,(H2,16,18). The van der Waals surface area contributed by atoms with Gasteiger partial charge in [-0.05, 0) is 30.3 Å². The molecule has 1 heterocycles. The Morgan fingerprint density at radius 2 is 2.05 bits per heavy atom. The Balaban J connectivity index is 2.40. The summed E-state index contributed by atoms with van der Waals surface area (Å²) in [5.41, 5.74) is 11.2. The highest BCUT2D eigenvalue weighted by Crippen LogP contribution is 2.33. The molecule has 0 unspecified atom stereocenters. The Labute approximate surface area is 122 Å². The van der Waals surface area contributed by atoms with Gasteiger partial charge in [0, 0.05) is 4.47 Å². The molecule has 0 aliphatic carbocycles. The Bertz CT molecular complexity index is 649. The van der Waals surface area contributed by atoms with Gasteiger partial charge >= 0.3 is 0 Å². The number of benzene rings is 1. The minimum atomic E-state index is -0.662. The molecule has 0 fully saturated rings. The Hall–Kier alpha value is -1.79. The monoisotopic (exact) mass is 341 g/mol. The zero-order chi connectivity index (χ0) is 14.0. The molecule has 7 heteroatoms. The molecule has 0 bridgehead atoms. The molecular weight excluding hydrogens is 334 g/mol. The van der Waals surface area contributed by atoms with Crippen LogP contribution in [-0.4, -0.2) is 10.9 Å². The number of nitrogen functional groups attached to an aromatic ring is 1. The van der Waals surface area contributed by atoms with Gasteiger partial charge in [-0.1, -0.05) is 27.5 Å². The smallest absolute Gasteiger partial charge is 0.267 e. The van der Waals surface area contributed by atoms with Crippen molar-refractivity contribution in [1.82, 2.24) is 4.98 Å². The molecule has 5 nitrogen and oxygen atoms in total. The predicted molar refractivity (Wildman–Crippen MR) is 76.4 cm³/mol. The van der Waals surface area contributed by atoms with E-state index in [1.807, 2.05) is 0 Å². The topological polar surface area (TPSA) is 91.2 Å².